The zero-order valence-corrected chi connectivity index (χ0v) is 15.7. The van der Waals surface area contributed by atoms with Crippen LogP contribution in [0.15, 0.2) is 28.7 Å². The number of hydrogen-bond acceptors (Lipinski definition) is 4. The Kier molecular flexibility index (Phi) is 8.56. The number of anilines is 1. The number of alkyl carbamates (subject to hydrolysis) is 1. The van der Waals surface area contributed by atoms with Gasteiger partial charge in [0.05, 0.1) is 18.9 Å². The molecule has 0 aliphatic carbocycles. The van der Waals surface area contributed by atoms with Gasteiger partial charge in [-0.1, -0.05) is 12.1 Å². The number of hydrogen-bond donors (Lipinski definition) is 3. The molecule has 7 nitrogen and oxygen atoms in total. The van der Waals surface area contributed by atoms with E-state index in [2.05, 4.69) is 31.9 Å². The zero-order chi connectivity index (χ0) is 18.0. The lowest BCUT2D eigenvalue weighted by molar-refractivity contribution is 0.0501. The van der Waals surface area contributed by atoms with Crippen molar-refractivity contribution in [2.75, 3.05) is 31.6 Å². The molecule has 0 saturated carbocycles. The van der Waals surface area contributed by atoms with E-state index in [0.717, 1.165) is 4.47 Å². The van der Waals surface area contributed by atoms with Crippen molar-refractivity contribution in [1.29, 1.82) is 0 Å². The quantitative estimate of drug-likeness (QED) is 0.612. The second kappa shape index (κ2) is 10.1. The van der Waals surface area contributed by atoms with Crippen LogP contribution in [-0.2, 0) is 9.47 Å². The summed E-state index contributed by atoms with van der Waals surface area (Å²) < 4.78 is 11.2. The van der Waals surface area contributed by atoms with E-state index >= 15 is 0 Å². The molecule has 0 atom stereocenters. The van der Waals surface area contributed by atoms with Crippen LogP contribution in [0.1, 0.15) is 20.8 Å². The average molecular weight is 402 g/mol. The fraction of sp³-hybridized carbons (Fsp3) is 0.500. The van der Waals surface area contributed by atoms with E-state index in [1.165, 1.54) is 0 Å². The Labute approximate surface area is 150 Å². The van der Waals surface area contributed by atoms with Gasteiger partial charge in [-0.15, -0.1) is 0 Å². The van der Waals surface area contributed by atoms with Gasteiger partial charge in [0.2, 0.25) is 0 Å². The molecule has 0 aromatic heterocycles. The van der Waals surface area contributed by atoms with Crippen LogP contribution in [0.3, 0.4) is 0 Å². The minimum absolute atomic E-state index is 0.308. The summed E-state index contributed by atoms with van der Waals surface area (Å²) in [5.74, 6) is 0. The Morgan fingerprint density at radius 1 is 1.08 bits per heavy atom. The maximum atomic E-state index is 11.7. The molecule has 0 spiro atoms. The fourth-order valence-electron chi connectivity index (χ4n) is 1.61. The first-order chi connectivity index (χ1) is 11.3. The zero-order valence-electron chi connectivity index (χ0n) is 14.1. The third-order valence-electron chi connectivity index (χ3n) is 2.57. The molecule has 1 aromatic rings. The first kappa shape index (κ1) is 20.2. The van der Waals surface area contributed by atoms with Crippen LogP contribution in [0.2, 0.25) is 0 Å². The molecule has 0 fully saturated rings. The standard InChI is InChI=1S/C16H24BrN3O4/c1-16(2,3)24-15(22)19-9-11-23-10-8-18-14(21)20-13-7-5-4-6-12(13)17/h4-7H,8-11H2,1-3H3,(H,19,22)(H2,18,20,21). The van der Waals surface area contributed by atoms with Crippen molar-refractivity contribution in [3.63, 3.8) is 0 Å². The summed E-state index contributed by atoms with van der Waals surface area (Å²) in [6.07, 6.45) is -0.475. The van der Waals surface area contributed by atoms with E-state index in [-0.39, 0.29) is 6.03 Å². The van der Waals surface area contributed by atoms with E-state index in [1.807, 2.05) is 18.2 Å². The lowest BCUT2D eigenvalue weighted by Gasteiger charge is -2.19. The second-order valence-electron chi connectivity index (χ2n) is 5.90. The number of ether oxygens (including phenoxy) is 2. The van der Waals surface area contributed by atoms with Gasteiger partial charge in [-0.3, -0.25) is 0 Å². The van der Waals surface area contributed by atoms with E-state index in [0.29, 0.717) is 32.0 Å². The number of nitrogens with one attached hydrogen (secondary N) is 3. The Hall–Kier alpha value is -1.80. The number of urea groups is 1. The molecule has 1 aromatic carbocycles. The van der Waals surface area contributed by atoms with Gasteiger partial charge in [0.15, 0.2) is 0 Å². The van der Waals surface area contributed by atoms with Crippen LogP contribution in [0, 0.1) is 0 Å². The number of rotatable bonds is 7. The summed E-state index contributed by atoms with van der Waals surface area (Å²) in [7, 11) is 0. The summed E-state index contributed by atoms with van der Waals surface area (Å²) in [5, 5.41) is 7.99. The van der Waals surface area contributed by atoms with Crippen LogP contribution in [0.25, 0.3) is 0 Å². The van der Waals surface area contributed by atoms with Crippen LogP contribution in [-0.4, -0.2) is 44.0 Å². The average Bonchev–Trinajstić information content (AvgIpc) is 2.47. The molecule has 134 valence electrons. The Morgan fingerprint density at radius 3 is 2.33 bits per heavy atom. The first-order valence-corrected chi connectivity index (χ1v) is 8.41. The number of carbonyl (C=O) groups excluding carboxylic acids is 2. The molecule has 0 aliphatic heterocycles. The van der Waals surface area contributed by atoms with E-state index < -0.39 is 11.7 Å². The first-order valence-electron chi connectivity index (χ1n) is 7.62. The number of carbonyl (C=O) groups is 2. The smallest absolute Gasteiger partial charge is 0.407 e. The highest BCUT2D eigenvalue weighted by Gasteiger charge is 2.15. The molecular formula is C16H24BrN3O4. The third-order valence-corrected chi connectivity index (χ3v) is 3.26. The van der Waals surface area contributed by atoms with E-state index in [4.69, 9.17) is 9.47 Å². The van der Waals surface area contributed by atoms with Crippen molar-refractivity contribution in [3.8, 4) is 0 Å². The SMILES string of the molecule is CC(C)(C)OC(=O)NCCOCCNC(=O)Nc1ccccc1Br. The maximum Gasteiger partial charge on any atom is 0.407 e. The molecular weight excluding hydrogens is 378 g/mol. The van der Waals surface area contributed by atoms with E-state index in [1.54, 1.807) is 26.8 Å². The van der Waals surface area contributed by atoms with Crippen molar-refractivity contribution >= 4 is 33.7 Å². The molecule has 24 heavy (non-hydrogen) atoms. The van der Waals surface area contributed by atoms with Crippen molar-refractivity contribution in [1.82, 2.24) is 10.6 Å². The van der Waals surface area contributed by atoms with Crippen LogP contribution >= 0.6 is 15.9 Å². The van der Waals surface area contributed by atoms with Gasteiger partial charge in [0.1, 0.15) is 5.60 Å². The Morgan fingerprint density at radius 2 is 1.71 bits per heavy atom. The molecule has 0 heterocycles. The Balaban J connectivity index is 2.05. The van der Waals surface area contributed by atoms with Crippen molar-refractivity contribution in [2.45, 2.75) is 26.4 Å². The minimum atomic E-state index is -0.518. The Bertz CT molecular complexity index is 546. The van der Waals surface area contributed by atoms with Gasteiger partial charge in [-0.25, -0.2) is 9.59 Å². The largest absolute Gasteiger partial charge is 0.444 e. The van der Waals surface area contributed by atoms with Crippen LogP contribution in [0.5, 0.6) is 0 Å². The maximum absolute atomic E-state index is 11.7. The molecule has 3 N–H and O–H groups in total. The molecule has 0 radical (unpaired) electrons. The van der Waals surface area contributed by atoms with Crippen molar-refractivity contribution < 1.29 is 19.1 Å². The number of halogens is 1. The highest BCUT2D eigenvalue weighted by Crippen LogP contribution is 2.20. The molecule has 8 heteroatoms. The van der Waals surface area contributed by atoms with Crippen molar-refractivity contribution in [2.24, 2.45) is 0 Å². The monoisotopic (exact) mass is 401 g/mol. The van der Waals surface area contributed by atoms with E-state index in [9.17, 15) is 9.59 Å². The number of para-hydroxylation sites is 1. The van der Waals surface area contributed by atoms with Gasteiger partial charge in [0, 0.05) is 17.6 Å². The fourth-order valence-corrected chi connectivity index (χ4v) is 1.99. The summed E-state index contributed by atoms with van der Waals surface area (Å²) in [5.41, 5.74) is 0.174. The van der Waals surface area contributed by atoms with Crippen molar-refractivity contribution in [3.05, 3.63) is 28.7 Å². The summed E-state index contributed by atoms with van der Waals surface area (Å²) in [6.45, 7) is 6.79. The number of benzene rings is 1. The normalized spacial score (nSPS) is 10.8. The van der Waals surface area contributed by atoms with Gasteiger partial charge >= 0.3 is 12.1 Å². The summed E-state index contributed by atoms with van der Waals surface area (Å²) in [4.78, 5) is 23.1. The molecule has 0 aliphatic rings. The van der Waals surface area contributed by atoms with Crippen LogP contribution < -0.4 is 16.0 Å². The van der Waals surface area contributed by atoms with Gasteiger partial charge in [-0.2, -0.15) is 0 Å². The summed E-state index contributed by atoms with van der Waals surface area (Å²) in [6, 6.07) is 7.03. The summed E-state index contributed by atoms with van der Waals surface area (Å²) >= 11 is 3.35. The third kappa shape index (κ3) is 9.36. The molecule has 1 rings (SSSR count). The lowest BCUT2D eigenvalue weighted by atomic mass is 10.2. The van der Waals surface area contributed by atoms with Gasteiger partial charge in [-0.05, 0) is 48.8 Å². The predicted octanol–water partition coefficient (Wildman–Crippen LogP) is 3.11. The van der Waals surface area contributed by atoms with Gasteiger partial charge < -0.3 is 25.4 Å². The second-order valence-corrected chi connectivity index (χ2v) is 6.76. The minimum Gasteiger partial charge on any atom is -0.444 e. The van der Waals surface area contributed by atoms with Gasteiger partial charge in [0.25, 0.3) is 0 Å². The highest BCUT2D eigenvalue weighted by atomic mass is 79.9. The van der Waals surface area contributed by atoms with Crippen LogP contribution in [0.4, 0.5) is 15.3 Å². The predicted molar refractivity (Wildman–Crippen MR) is 96.2 cm³/mol. The number of amides is 3. The molecule has 3 amide bonds. The highest BCUT2D eigenvalue weighted by molar-refractivity contribution is 9.10. The lowest BCUT2D eigenvalue weighted by Crippen LogP contribution is -2.35. The molecule has 0 saturated heterocycles. The molecule has 0 bridgehead atoms. The topological polar surface area (TPSA) is 88.7 Å². The molecule has 0 unspecified atom stereocenters.